The van der Waals surface area contributed by atoms with Gasteiger partial charge < -0.3 is 10.4 Å². The third-order valence-electron chi connectivity index (χ3n) is 2.90. The van der Waals surface area contributed by atoms with E-state index in [1.807, 2.05) is 25.1 Å². The summed E-state index contributed by atoms with van der Waals surface area (Å²) in [6.07, 6.45) is 0. The number of carboxylic acids is 1. The smallest absolute Gasteiger partial charge is 0.313 e. The van der Waals surface area contributed by atoms with E-state index in [1.165, 1.54) is 11.8 Å². The van der Waals surface area contributed by atoms with Gasteiger partial charge in [0.2, 0.25) is 0 Å². The van der Waals surface area contributed by atoms with E-state index < -0.39 is 5.97 Å². The highest BCUT2D eigenvalue weighted by Gasteiger charge is 2.12. The second kappa shape index (κ2) is 7.60. The molecule has 0 saturated carbocycles. The van der Waals surface area contributed by atoms with Crippen LogP contribution in [0.2, 0.25) is 0 Å². The SMILES string of the molecule is Cc1cc(C(=O)NCCSCC(=O)O)c2cc(Br)ccc2n1. The predicted octanol–water partition coefficient (Wildman–Crippen LogP) is 2.85. The van der Waals surface area contributed by atoms with Crippen LogP contribution in [-0.4, -0.2) is 40.0 Å². The second-order valence-electron chi connectivity index (χ2n) is 4.67. The molecule has 2 N–H and O–H groups in total. The Morgan fingerprint density at radius 1 is 1.36 bits per heavy atom. The van der Waals surface area contributed by atoms with Gasteiger partial charge in [0.15, 0.2) is 0 Å². The fourth-order valence-electron chi connectivity index (χ4n) is 2.01. The zero-order valence-electron chi connectivity index (χ0n) is 11.9. The van der Waals surface area contributed by atoms with Crippen LogP contribution in [0.5, 0.6) is 0 Å². The van der Waals surface area contributed by atoms with Crippen molar-refractivity contribution in [3.63, 3.8) is 0 Å². The number of hydrogen-bond acceptors (Lipinski definition) is 4. The second-order valence-corrected chi connectivity index (χ2v) is 6.70. The standard InChI is InChI=1S/C15H15BrN2O3S/c1-9-6-12(11-7-10(16)2-3-13(11)18-9)15(21)17-4-5-22-8-14(19)20/h2-3,6-7H,4-5,8H2,1H3,(H,17,21)(H,19,20). The van der Waals surface area contributed by atoms with Crippen LogP contribution in [-0.2, 0) is 4.79 Å². The van der Waals surface area contributed by atoms with Gasteiger partial charge in [-0.1, -0.05) is 15.9 Å². The molecule has 2 aromatic rings. The first-order chi connectivity index (χ1) is 10.5. The zero-order chi connectivity index (χ0) is 16.1. The molecule has 116 valence electrons. The number of benzene rings is 1. The maximum absolute atomic E-state index is 12.3. The van der Waals surface area contributed by atoms with Crippen LogP contribution in [0.1, 0.15) is 16.1 Å². The van der Waals surface area contributed by atoms with E-state index in [1.54, 1.807) is 6.07 Å². The molecular weight excluding hydrogens is 368 g/mol. The monoisotopic (exact) mass is 382 g/mol. The third-order valence-corrected chi connectivity index (χ3v) is 4.34. The largest absolute Gasteiger partial charge is 0.481 e. The summed E-state index contributed by atoms with van der Waals surface area (Å²) in [5, 5.41) is 12.2. The molecule has 2 rings (SSSR count). The predicted molar refractivity (Wildman–Crippen MR) is 91.5 cm³/mol. The van der Waals surface area contributed by atoms with Crippen molar-refractivity contribution in [3.8, 4) is 0 Å². The Labute approximate surface area is 140 Å². The number of fused-ring (bicyclic) bond motifs is 1. The summed E-state index contributed by atoms with van der Waals surface area (Å²) < 4.78 is 0.886. The van der Waals surface area contributed by atoms with Crippen molar-refractivity contribution in [1.82, 2.24) is 10.3 Å². The summed E-state index contributed by atoms with van der Waals surface area (Å²) in [4.78, 5) is 27.2. The summed E-state index contributed by atoms with van der Waals surface area (Å²) in [5.41, 5.74) is 2.13. The van der Waals surface area contributed by atoms with Crippen molar-refractivity contribution in [3.05, 3.63) is 40.0 Å². The van der Waals surface area contributed by atoms with Gasteiger partial charge in [0.05, 0.1) is 16.8 Å². The van der Waals surface area contributed by atoms with Crippen molar-refractivity contribution < 1.29 is 14.7 Å². The molecule has 0 fully saturated rings. The summed E-state index contributed by atoms with van der Waals surface area (Å²) in [6, 6.07) is 7.38. The molecule has 1 heterocycles. The Hall–Kier alpha value is -1.60. The highest BCUT2D eigenvalue weighted by Crippen LogP contribution is 2.22. The number of halogens is 1. The van der Waals surface area contributed by atoms with Crippen LogP contribution in [0.25, 0.3) is 10.9 Å². The average Bonchev–Trinajstić information content (AvgIpc) is 2.46. The lowest BCUT2D eigenvalue weighted by atomic mass is 10.1. The Kier molecular flexibility index (Phi) is 5.79. The van der Waals surface area contributed by atoms with Crippen LogP contribution >= 0.6 is 27.7 Å². The number of aromatic nitrogens is 1. The number of amides is 1. The molecule has 0 unspecified atom stereocenters. The number of aliphatic carboxylic acids is 1. The van der Waals surface area contributed by atoms with Gasteiger partial charge in [-0.05, 0) is 31.2 Å². The van der Waals surface area contributed by atoms with Crippen molar-refractivity contribution in [2.75, 3.05) is 18.1 Å². The topological polar surface area (TPSA) is 79.3 Å². The van der Waals surface area contributed by atoms with E-state index in [0.717, 1.165) is 21.1 Å². The molecule has 0 atom stereocenters. The van der Waals surface area contributed by atoms with Gasteiger partial charge in [-0.25, -0.2) is 0 Å². The van der Waals surface area contributed by atoms with E-state index in [4.69, 9.17) is 5.11 Å². The first kappa shape index (κ1) is 16.8. The Morgan fingerprint density at radius 2 is 2.14 bits per heavy atom. The number of carbonyl (C=O) groups excluding carboxylic acids is 1. The van der Waals surface area contributed by atoms with Gasteiger partial charge in [-0.3, -0.25) is 14.6 Å². The summed E-state index contributed by atoms with van der Waals surface area (Å²) in [7, 11) is 0. The van der Waals surface area contributed by atoms with Crippen molar-refractivity contribution in [2.45, 2.75) is 6.92 Å². The Bertz CT molecular complexity index is 721. The molecule has 1 aromatic heterocycles. The molecular formula is C15H15BrN2O3S. The van der Waals surface area contributed by atoms with Gasteiger partial charge in [0, 0.05) is 27.9 Å². The highest BCUT2D eigenvalue weighted by atomic mass is 79.9. The lowest BCUT2D eigenvalue weighted by Crippen LogP contribution is -2.26. The van der Waals surface area contributed by atoms with Crippen molar-refractivity contribution in [2.24, 2.45) is 0 Å². The van der Waals surface area contributed by atoms with Gasteiger partial charge in [-0.15, -0.1) is 11.8 Å². The minimum absolute atomic E-state index is 0.0418. The molecule has 0 saturated heterocycles. The lowest BCUT2D eigenvalue weighted by molar-refractivity contribution is -0.133. The molecule has 22 heavy (non-hydrogen) atoms. The molecule has 5 nitrogen and oxygen atoms in total. The van der Waals surface area contributed by atoms with Crippen molar-refractivity contribution in [1.29, 1.82) is 0 Å². The molecule has 0 aliphatic heterocycles. The quantitative estimate of drug-likeness (QED) is 0.750. The Balaban J connectivity index is 2.10. The van der Waals surface area contributed by atoms with Gasteiger partial charge in [0.1, 0.15) is 0 Å². The van der Waals surface area contributed by atoms with Gasteiger partial charge in [-0.2, -0.15) is 0 Å². The number of carbonyl (C=O) groups is 2. The molecule has 1 aromatic carbocycles. The normalized spacial score (nSPS) is 10.6. The summed E-state index contributed by atoms with van der Waals surface area (Å²) >= 11 is 4.68. The van der Waals surface area contributed by atoms with E-state index in [-0.39, 0.29) is 11.7 Å². The number of pyridine rings is 1. The third kappa shape index (κ3) is 4.45. The number of nitrogens with zero attached hydrogens (tertiary/aromatic N) is 1. The Morgan fingerprint density at radius 3 is 2.86 bits per heavy atom. The van der Waals surface area contributed by atoms with Gasteiger partial charge >= 0.3 is 5.97 Å². The summed E-state index contributed by atoms with van der Waals surface area (Å²) in [6.45, 7) is 2.27. The number of aryl methyl sites for hydroxylation is 1. The fraction of sp³-hybridized carbons (Fsp3) is 0.267. The number of carboxylic acid groups (broad SMARTS) is 1. The van der Waals surface area contributed by atoms with E-state index in [0.29, 0.717) is 17.9 Å². The summed E-state index contributed by atoms with van der Waals surface area (Å²) in [5.74, 6) is -0.425. The first-order valence-corrected chi connectivity index (χ1v) is 8.57. The first-order valence-electron chi connectivity index (χ1n) is 6.62. The average molecular weight is 383 g/mol. The number of nitrogens with one attached hydrogen (secondary N) is 1. The molecule has 0 spiro atoms. The minimum Gasteiger partial charge on any atom is -0.481 e. The van der Waals surface area contributed by atoms with Crippen LogP contribution in [0.4, 0.5) is 0 Å². The number of rotatable bonds is 6. The van der Waals surface area contributed by atoms with E-state index in [2.05, 4.69) is 26.2 Å². The molecule has 0 aliphatic carbocycles. The highest BCUT2D eigenvalue weighted by molar-refractivity contribution is 9.10. The molecule has 7 heteroatoms. The molecule has 0 aliphatic rings. The lowest BCUT2D eigenvalue weighted by Gasteiger charge is -2.09. The number of thioether (sulfide) groups is 1. The minimum atomic E-state index is -0.850. The molecule has 1 amide bonds. The van der Waals surface area contributed by atoms with E-state index in [9.17, 15) is 9.59 Å². The molecule has 0 bridgehead atoms. The maximum Gasteiger partial charge on any atom is 0.313 e. The van der Waals surface area contributed by atoms with Crippen LogP contribution < -0.4 is 5.32 Å². The fourth-order valence-corrected chi connectivity index (χ4v) is 2.94. The van der Waals surface area contributed by atoms with Crippen LogP contribution in [0.3, 0.4) is 0 Å². The van der Waals surface area contributed by atoms with Gasteiger partial charge in [0.25, 0.3) is 5.91 Å². The van der Waals surface area contributed by atoms with Crippen molar-refractivity contribution >= 4 is 50.5 Å². The maximum atomic E-state index is 12.3. The molecule has 0 radical (unpaired) electrons. The van der Waals surface area contributed by atoms with Crippen LogP contribution in [0, 0.1) is 6.92 Å². The zero-order valence-corrected chi connectivity index (χ0v) is 14.3. The van der Waals surface area contributed by atoms with Crippen LogP contribution in [0.15, 0.2) is 28.7 Å². The van der Waals surface area contributed by atoms with E-state index >= 15 is 0 Å². The number of hydrogen-bond donors (Lipinski definition) is 2.